The molecule has 0 bridgehead atoms. The first-order valence-electron chi connectivity index (χ1n) is 3.53. The molecule has 1 saturated heterocycles. The average Bonchev–Trinajstić information content (AvgIpc) is 2.15. The van der Waals surface area contributed by atoms with Crippen molar-refractivity contribution in [3.63, 3.8) is 0 Å². The Morgan fingerprint density at radius 3 is 2.90 bits per heavy atom. The number of hydrogen-bond acceptors (Lipinski definition) is 2. The molecule has 0 aromatic rings. The van der Waals surface area contributed by atoms with Gasteiger partial charge in [0.05, 0.1) is 0 Å². The molecule has 0 aromatic carbocycles. The number of rotatable bonds is 1. The van der Waals surface area contributed by atoms with Gasteiger partial charge in [0, 0.05) is 5.25 Å². The lowest BCUT2D eigenvalue weighted by atomic mass is 10.1. The maximum absolute atomic E-state index is 10.7. The van der Waals surface area contributed by atoms with E-state index in [1.165, 1.54) is 11.3 Å². The average molecular weight is 156 g/mol. The Morgan fingerprint density at radius 2 is 2.50 bits per heavy atom. The molecule has 1 unspecified atom stereocenters. The van der Waals surface area contributed by atoms with Crippen LogP contribution in [0.1, 0.15) is 20.3 Å². The fourth-order valence-corrected chi connectivity index (χ4v) is 2.22. The SMILES string of the molecule is CC(=O)C=C1CCSC1C. The Morgan fingerprint density at radius 1 is 1.80 bits per heavy atom. The third kappa shape index (κ3) is 1.87. The minimum Gasteiger partial charge on any atom is -0.295 e. The number of ketones is 1. The lowest BCUT2D eigenvalue weighted by Crippen LogP contribution is -1.95. The van der Waals surface area contributed by atoms with E-state index in [9.17, 15) is 4.79 Å². The first-order chi connectivity index (χ1) is 4.70. The monoisotopic (exact) mass is 156 g/mol. The van der Waals surface area contributed by atoms with E-state index >= 15 is 0 Å². The van der Waals surface area contributed by atoms with E-state index in [-0.39, 0.29) is 5.78 Å². The minimum absolute atomic E-state index is 0.185. The van der Waals surface area contributed by atoms with Gasteiger partial charge in [-0.3, -0.25) is 4.79 Å². The van der Waals surface area contributed by atoms with Crippen molar-refractivity contribution >= 4 is 17.5 Å². The molecule has 0 saturated carbocycles. The molecule has 1 rings (SSSR count). The van der Waals surface area contributed by atoms with Gasteiger partial charge in [-0.2, -0.15) is 11.8 Å². The fourth-order valence-electron chi connectivity index (χ4n) is 1.11. The normalized spacial score (nSPS) is 29.4. The molecule has 1 aliphatic rings. The molecule has 1 nitrogen and oxygen atoms in total. The van der Waals surface area contributed by atoms with E-state index in [4.69, 9.17) is 0 Å². The largest absolute Gasteiger partial charge is 0.295 e. The van der Waals surface area contributed by atoms with Crippen molar-refractivity contribution in [2.75, 3.05) is 5.75 Å². The summed E-state index contributed by atoms with van der Waals surface area (Å²) in [6, 6.07) is 0. The molecular formula is C8H12OS. The molecule has 0 amide bonds. The van der Waals surface area contributed by atoms with Crippen LogP contribution in [0.3, 0.4) is 0 Å². The maximum atomic E-state index is 10.7. The molecule has 2 heteroatoms. The van der Waals surface area contributed by atoms with Gasteiger partial charge >= 0.3 is 0 Å². The predicted molar refractivity (Wildman–Crippen MR) is 45.3 cm³/mol. The molecule has 1 fully saturated rings. The summed E-state index contributed by atoms with van der Waals surface area (Å²) in [4.78, 5) is 10.7. The summed E-state index contributed by atoms with van der Waals surface area (Å²) in [5.74, 6) is 1.37. The van der Waals surface area contributed by atoms with Gasteiger partial charge in [0.2, 0.25) is 0 Å². The van der Waals surface area contributed by atoms with Crippen molar-refractivity contribution in [2.45, 2.75) is 25.5 Å². The van der Waals surface area contributed by atoms with Crippen molar-refractivity contribution in [1.29, 1.82) is 0 Å². The van der Waals surface area contributed by atoms with Crippen LogP contribution in [0, 0.1) is 0 Å². The molecule has 1 heterocycles. The summed E-state index contributed by atoms with van der Waals surface area (Å²) in [5, 5.41) is 0.573. The first kappa shape index (κ1) is 7.86. The lowest BCUT2D eigenvalue weighted by molar-refractivity contribution is -0.112. The zero-order valence-corrected chi connectivity index (χ0v) is 7.20. The van der Waals surface area contributed by atoms with Crippen molar-refractivity contribution in [2.24, 2.45) is 0 Å². The van der Waals surface area contributed by atoms with E-state index in [0.717, 1.165) is 6.42 Å². The molecule has 10 heavy (non-hydrogen) atoms. The second-order valence-electron chi connectivity index (χ2n) is 2.59. The molecular weight excluding hydrogens is 144 g/mol. The highest BCUT2D eigenvalue weighted by Crippen LogP contribution is 2.30. The van der Waals surface area contributed by atoms with Crippen LogP contribution in [-0.2, 0) is 4.79 Å². The van der Waals surface area contributed by atoms with Crippen molar-refractivity contribution < 1.29 is 4.79 Å². The summed E-state index contributed by atoms with van der Waals surface area (Å²) in [7, 11) is 0. The number of thioether (sulfide) groups is 1. The molecule has 0 radical (unpaired) electrons. The van der Waals surface area contributed by atoms with Crippen molar-refractivity contribution in [3.8, 4) is 0 Å². The molecule has 0 N–H and O–H groups in total. The fraction of sp³-hybridized carbons (Fsp3) is 0.625. The summed E-state index contributed by atoms with van der Waals surface area (Å²) < 4.78 is 0. The van der Waals surface area contributed by atoms with Gasteiger partial charge < -0.3 is 0 Å². The van der Waals surface area contributed by atoms with E-state index in [1.807, 2.05) is 11.8 Å². The van der Waals surface area contributed by atoms with Crippen LogP contribution >= 0.6 is 11.8 Å². The van der Waals surface area contributed by atoms with Gasteiger partial charge in [-0.1, -0.05) is 5.57 Å². The Labute approximate surface area is 65.9 Å². The highest BCUT2D eigenvalue weighted by molar-refractivity contribution is 8.00. The number of hydrogen-bond donors (Lipinski definition) is 0. The molecule has 1 aliphatic heterocycles. The van der Waals surface area contributed by atoms with Crippen LogP contribution in [0.4, 0.5) is 0 Å². The zero-order valence-electron chi connectivity index (χ0n) is 6.39. The van der Waals surface area contributed by atoms with E-state index < -0.39 is 0 Å². The predicted octanol–water partition coefficient (Wildman–Crippen LogP) is 2.03. The van der Waals surface area contributed by atoms with Crippen LogP contribution in [0.2, 0.25) is 0 Å². The lowest BCUT2D eigenvalue weighted by Gasteiger charge is -2.00. The van der Waals surface area contributed by atoms with Crippen LogP contribution in [0.5, 0.6) is 0 Å². The van der Waals surface area contributed by atoms with E-state index in [1.54, 1.807) is 13.0 Å². The Bertz CT molecular complexity index is 172. The highest BCUT2D eigenvalue weighted by atomic mass is 32.2. The molecule has 0 aromatic heterocycles. The molecule has 1 atom stereocenters. The third-order valence-corrected chi connectivity index (χ3v) is 2.91. The zero-order chi connectivity index (χ0) is 7.56. The van der Waals surface area contributed by atoms with Gasteiger partial charge in [0.15, 0.2) is 5.78 Å². The Balaban J connectivity index is 2.62. The molecule has 56 valence electrons. The highest BCUT2D eigenvalue weighted by Gasteiger charge is 2.16. The summed E-state index contributed by atoms with van der Waals surface area (Å²) in [5.41, 5.74) is 1.32. The second kappa shape index (κ2) is 3.24. The number of allylic oxidation sites excluding steroid dienone is 1. The van der Waals surface area contributed by atoms with Gasteiger partial charge in [0.25, 0.3) is 0 Å². The van der Waals surface area contributed by atoms with Crippen LogP contribution in [0.15, 0.2) is 11.6 Å². The molecule has 0 spiro atoms. The van der Waals surface area contributed by atoms with Crippen LogP contribution in [-0.4, -0.2) is 16.8 Å². The van der Waals surface area contributed by atoms with Crippen molar-refractivity contribution in [1.82, 2.24) is 0 Å². The molecule has 0 aliphatic carbocycles. The van der Waals surface area contributed by atoms with Gasteiger partial charge in [-0.25, -0.2) is 0 Å². The number of carbonyl (C=O) groups is 1. The first-order valence-corrected chi connectivity index (χ1v) is 4.57. The third-order valence-electron chi connectivity index (χ3n) is 1.67. The Hall–Kier alpha value is -0.240. The van der Waals surface area contributed by atoms with Crippen molar-refractivity contribution in [3.05, 3.63) is 11.6 Å². The number of carbonyl (C=O) groups excluding carboxylic acids is 1. The van der Waals surface area contributed by atoms with E-state index in [0.29, 0.717) is 5.25 Å². The van der Waals surface area contributed by atoms with E-state index in [2.05, 4.69) is 6.92 Å². The van der Waals surface area contributed by atoms with Crippen LogP contribution < -0.4 is 0 Å². The van der Waals surface area contributed by atoms with Gasteiger partial charge in [-0.05, 0) is 32.1 Å². The standard InChI is InChI=1S/C8H12OS/c1-6(9)5-8-3-4-10-7(8)2/h5,7H,3-4H2,1-2H3. The second-order valence-corrected chi connectivity index (χ2v) is 4.04. The summed E-state index contributed by atoms with van der Waals surface area (Å²) >= 11 is 1.93. The van der Waals surface area contributed by atoms with Crippen LogP contribution in [0.25, 0.3) is 0 Å². The Kier molecular flexibility index (Phi) is 2.55. The van der Waals surface area contributed by atoms with Gasteiger partial charge in [0.1, 0.15) is 0 Å². The summed E-state index contributed by atoms with van der Waals surface area (Å²) in [6.07, 6.45) is 2.88. The topological polar surface area (TPSA) is 17.1 Å². The van der Waals surface area contributed by atoms with Gasteiger partial charge in [-0.15, -0.1) is 0 Å². The minimum atomic E-state index is 0.185. The summed E-state index contributed by atoms with van der Waals surface area (Å²) in [6.45, 7) is 3.77. The maximum Gasteiger partial charge on any atom is 0.152 e. The smallest absolute Gasteiger partial charge is 0.152 e. The quantitative estimate of drug-likeness (QED) is 0.540.